The predicted molar refractivity (Wildman–Crippen MR) is 114 cm³/mol. The number of amides is 1. The number of aromatic nitrogens is 2. The molecule has 1 spiro atoms. The normalized spacial score (nSPS) is 19.0. The molecule has 0 radical (unpaired) electrons. The molecule has 1 aromatic heterocycles. The topological polar surface area (TPSA) is 47.4 Å². The first-order chi connectivity index (χ1) is 13.8. The number of likely N-dealkylation sites (N-methyl/N-ethyl adjacent to an activating group) is 1. The van der Waals surface area contributed by atoms with Crippen molar-refractivity contribution in [3.05, 3.63) is 47.3 Å². The van der Waals surface area contributed by atoms with Gasteiger partial charge in [-0.2, -0.15) is 5.10 Å². The van der Waals surface area contributed by atoms with Crippen molar-refractivity contribution >= 4 is 5.91 Å². The molecular formula is C24H33N3O2. The van der Waals surface area contributed by atoms with Crippen molar-refractivity contribution in [1.82, 2.24) is 14.7 Å². The maximum Gasteiger partial charge on any atom is 0.233 e. The smallest absolute Gasteiger partial charge is 0.233 e. The Bertz CT molecular complexity index is 885. The monoisotopic (exact) mass is 395 g/mol. The first kappa shape index (κ1) is 20.0. The van der Waals surface area contributed by atoms with Crippen LogP contribution in [0.25, 0.3) is 0 Å². The summed E-state index contributed by atoms with van der Waals surface area (Å²) in [6.45, 7) is 4.91. The van der Waals surface area contributed by atoms with Gasteiger partial charge in [-0.3, -0.25) is 9.48 Å². The largest absolute Gasteiger partial charge is 0.497 e. The lowest BCUT2D eigenvalue weighted by Gasteiger charge is -2.61. The van der Waals surface area contributed by atoms with Crippen LogP contribution < -0.4 is 4.74 Å². The van der Waals surface area contributed by atoms with Crippen LogP contribution >= 0.6 is 0 Å². The fourth-order valence-electron chi connectivity index (χ4n) is 5.50. The fourth-order valence-corrected chi connectivity index (χ4v) is 5.50. The summed E-state index contributed by atoms with van der Waals surface area (Å²) in [5, 5.41) is 4.61. The summed E-state index contributed by atoms with van der Waals surface area (Å²) < 4.78 is 7.18. The summed E-state index contributed by atoms with van der Waals surface area (Å²) in [7, 11) is 5.56. The quantitative estimate of drug-likeness (QED) is 0.728. The number of nitrogens with zero attached hydrogens (tertiary/aromatic N) is 3. The van der Waals surface area contributed by atoms with Crippen molar-refractivity contribution < 1.29 is 9.53 Å². The minimum absolute atomic E-state index is 0.235. The highest BCUT2D eigenvalue weighted by Crippen LogP contribution is 2.65. The van der Waals surface area contributed by atoms with Gasteiger partial charge in [0.15, 0.2) is 0 Å². The Morgan fingerprint density at radius 3 is 2.41 bits per heavy atom. The SMILES string of the molecule is COc1ccc(C2(C(=O)N(C)Cc3cn(C)nc3C(C)C)CC3(CCC3)C2)cc1. The molecule has 2 saturated carbocycles. The first-order valence-corrected chi connectivity index (χ1v) is 10.7. The number of carbonyl (C=O) groups excluding carboxylic acids is 1. The van der Waals surface area contributed by atoms with Gasteiger partial charge in [-0.05, 0) is 54.7 Å². The van der Waals surface area contributed by atoms with Crippen molar-refractivity contribution in [2.45, 2.75) is 63.8 Å². The van der Waals surface area contributed by atoms with Crippen LogP contribution in [0.4, 0.5) is 0 Å². The zero-order chi connectivity index (χ0) is 20.8. The van der Waals surface area contributed by atoms with Crippen LogP contribution in [0.5, 0.6) is 5.75 Å². The van der Waals surface area contributed by atoms with Gasteiger partial charge in [0.2, 0.25) is 5.91 Å². The third-order valence-electron chi connectivity index (χ3n) is 7.06. The Kier molecular flexibility index (Phi) is 4.96. The number of benzene rings is 1. The zero-order valence-electron chi connectivity index (χ0n) is 18.4. The molecule has 1 aromatic carbocycles. The number of hydrogen-bond acceptors (Lipinski definition) is 3. The van der Waals surface area contributed by atoms with Crippen LogP contribution in [0.1, 0.15) is 68.7 Å². The number of hydrogen-bond donors (Lipinski definition) is 0. The molecule has 0 unspecified atom stereocenters. The van der Waals surface area contributed by atoms with Crippen molar-refractivity contribution in [2.75, 3.05) is 14.2 Å². The summed E-state index contributed by atoms with van der Waals surface area (Å²) in [4.78, 5) is 15.7. The van der Waals surface area contributed by atoms with E-state index in [9.17, 15) is 4.79 Å². The molecule has 29 heavy (non-hydrogen) atoms. The predicted octanol–water partition coefficient (Wildman–Crippen LogP) is 4.41. The van der Waals surface area contributed by atoms with Gasteiger partial charge in [0.25, 0.3) is 0 Å². The Labute approximate surface area is 174 Å². The van der Waals surface area contributed by atoms with E-state index in [4.69, 9.17) is 4.74 Å². The lowest BCUT2D eigenvalue weighted by atomic mass is 9.43. The Morgan fingerprint density at radius 2 is 1.90 bits per heavy atom. The molecule has 1 amide bonds. The molecule has 0 bridgehead atoms. The Balaban J connectivity index is 1.60. The molecule has 1 heterocycles. The molecule has 0 saturated heterocycles. The Morgan fingerprint density at radius 1 is 1.24 bits per heavy atom. The maximum absolute atomic E-state index is 13.8. The van der Waals surface area contributed by atoms with Crippen molar-refractivity contribution in [3.8, 4) is 5.75 Å². The van der Waals surface area contributed by atoms with E-state index in [1.54, 1.807) is 7.11 Å². The summed E-state index contributed by atoms with van der Waals surface area (Å²) in [5.74, 6) is 1.41. The minimum atomic E-state index is -0.401. The molecular weight excluding hydrogens is 362 g/mol. The van der Waals surface area contributed by atoms with E-state index in [1.165, 1.54) is 19.3 Å². The average Bonchev–Trinajstić information content (AvgIpc) is 3.00. The second-order valence-corrected chi connectivity index (χ2v) is 9.55. The molecule has 0 aliphatic heterocycles. The average molecular weight is 396 g/mol. The fraction of sp³-hybridized carbons (Fsp3) is 0.583. The second-order valence-electron chi connectivity index (χ2n) is 9.55. The van der Waals surface area contributed by atoms with Crippen LogP contribution in [-0.2, 0) is 23.8 Å². The number of methoxy groups -OCH3 is 1. The molecule has 0 atom stereocenters. The van der Waals surface area contributed by atoms with E-state index >= 15 is 0 Å². The summed E-state index contributed by atoms with van der Waals surface area (Å²) >= 11 is 0. The van der Waals surface area contributed by atoms with Gasteiger partial charge in [-0.25, -0.2) is 0 Å². The van der Waals surface area contributed by atoms with E-state index in [2.05, 4.69) is 31.1 Å². The zero-order valence-corrected chi connectivity index (χ0v) is 18.4. The summed E-state index contributed by atoms with van der Waals surface area (Å²) in [6.07, 6.45) is 7.83. The standard InChI is InChI=1S/C24H33N3O2/c1-17(2)21-18(14-27(4)25-21)13-26(3)22(28)24(15-23(16-24)11-6-12-23)19-7-9-20(29-5)10-8-19/h7-10,14,17H,6,11-13,15-16H2,1-5H3. The maximum atomic E-state index is 13.8. The van der Waals surface area contributed by atoms with Crippen LogP contribution in [-0.4, -0.2) is 34.7 Å². The van der Waals surface area contributed by atoms with Gasteiger partial charge in [0.05, 0.1) is 18.2 Å². The summed E-state index contributed by atoms with van der Waals surface area (Å²) in [5.41, 5.74) is 3.34. The molecule has 2 aromatic rings. The van der Waals surface area contributed by atoms with E-state index < -0.39 is 5.41 Å². The molecule has 2 aliphatic carbocycles. The second kappa shape index (κ2) is 7.19. The molecule has 5 nitrogen and oxygen atoms in total. The van der Waals surface area contributed by atoms with Crippen LogP contribution in [0.3, 0.4) is 0 Å². The molecule has 4 rings (SSSR count). The van der Waals surface area contributed by atoms with Gasteiger partial charge in [-0.1, -0.05) is 32.4 Å². The Hall–Kier alpha value is -2.30. The molecule has 2 aliphatic rings. The minimum Gasteiger partial charge on any atom is -0.497 e. The highest BCUT2D eigenvalue weighted by Gasteiger charge is 2.61. The third kappa shape index (κ3) is 3.34. The number of aryl methyl sites for hydroxylation is 1. The van der Waals surface area contributed by atoms with Crippen molar-refractivity contribution in [1.29, 1.82) is 0 Å². The van der Waals surface area contributed by atoms with Crippen molar-refractivity contribution in [3.63, 3.8) is 0 Å². The number of rotatable bonds is 6. The third-order valence-corrected chi connectivity index (χ3v) is 7.06. The van der Waals surface area contributed by atoms with E-state index in [1.807, 2.05) is 42.0 Å². The van der Waals surface area contributed by atoms with Crippen LogP contribution in [0.2, 0.25) is 0 Å². The first-order valence-electron chi connectivity index (χ1n) is 10.7. The highest BCUT2D eigenvalue weighted by molar-refractivity contribution is 5.89. The van der Waals surface area contributed by atoms with Gasteiger partial charge in [0, 0.05) is 32.4 Å². The van der Waals surface area contributed by atoms with Crippen molar-refractivity contribution in [2.24, 2.45) is 12.5 Å². The molecule has 2 fully saturated rings. The van der Waals surface area contributed by atoms with Gasteiger partial charge >= 0.3 is 0 Å². The highest BCUT2D eigenvalue weighted by atomic mass is 16.5. The molecule has 156 valence electrons. The van der Waals surface area contributed by atoms with Crippen LogP contribution in [0, 0.1) is 5.41 Å². The summed E-state index contributed by atoms with van der Waals surface area (Å²) in [6, 6.07) is 8.13. The van der Waals surface area contributed by atoms with E-state index in [-0.39, 0.29) is 5.91 Å². The molecule has 5 heteroatoms. The van der Waals surface area contributed by atoms with Gasteiger partial charge in [-0.15, -0.1) is 0 Å². The lowest BCUT2D eigenvalue weighted by molar-refractivity contribution is -0.152. The van der Waals surface area contributed by atoms with Gasteiger partial charge < -0.3 is 9.64 Å². The van der Waals surface area contributed by atoms with E-state index in [0.29, 0.717) is 17.9 Å². The molecule has 0 N–H and O–H groups in total. The number of carbonyl (C=O) groups is 1. The van der Waals surface area contributed by atoms with E-state index in [0.717, 1.165) is 35.4 Å². The van der Waals surface area contributed by atoms with Gasteiger partial charge in [0.1, 0.15) is 5.75 Å². The van der Waals surface area contributed by atoms with Crippen LogP contribution in [0.15, 0.2) is 30.5 Å². The lowest BCUT2D eigenvalue weighted by Crippen LogP contribution is -2.60. The number of ether oxygens (including phenoxy) is 1.